The molecule has 0 aromatic carbocycles. The SMILES string of the molecule is CCCCN1C(=O)OC(C)(C)C1=O. The Morgan fingerprint density at radius 1 is 1.38 bits per heavy atom. The average Bonchev–Trinajstić information content (AvgIpc) is 2.21. The summed E-state index contributed by atoms with van der Waals surface area (Å²) in [7, 11) is 0. The molecular formula is C9H15NO3. The first-order valence-electron chi connectivity index (χ1n) is 4.54. The van der Waals surface area contributed by atoms with Gasteiger partial charge in [0.2, 0.25) is 0 Å². The highest BCUT2D eigenvalue weighted by Crippen LogP contribution is 2.23. The number of unbranched alkanes of at least 4 members (excludes halogenated alkanes) is 1. The van der Waals surface area contributed by atoms with Crippen molar-refractivity contribution in [3.63, 3.8) is 0 Å². The molecule has 0 aromatic heterocycles. The van der Waals surface area contributed by atoms with E-state index in [1.807, 2.05) is 6.92 Å². The largest absolute Gasteiger partial charge is 0.433 e. The molecule has 0 radical (unpaired) electrons. The van der Waals surface area contributed by atoms with Crippen LogP contribution in [0.1, 0.15) is 33.6 Å². The van der Waals surface area contributed by atoms with Crippen molar-refractivity contribution in [2.75, 3.05) is 6.54 Å². The van der Waals surface area contributed by atoms with E-state index in [1.54, 1.807) is 13.8 Å². The second kappa shape index (κ2) is 3.36. The van der Waals surface area contributed by atoms with Gasteiger partial charge in [-0.1, -0.05) is 13.3 Å². The molecule has 4 nitrogen and oxygen atoms in total. The third kappa shape index (κ3) is 1.82. The van der Waals surface area contributed by atoms with Crippen LogP contribution in [-0.4, -0.2) is 29.0 Å². The van der Waals surface area contributed by atoms with Gasteiger partial charge in [-0.05, 0) is 20.3 Å². The van der Waals surface area contributed by atoms with Gasteiger partial charge in [-0.3, -0.25) is 4.79 Å². The van der Waals surface area contributed by atoms with E-state index in [1.165, 1.54) is 4.90 Å². The molecule has 0 spiro atoms. The van der Waals surface area contributed by atoms with Crippen molar-refractivity contribution in [3.8, 4) is 0 Å². The smallest absolute Gasteiger partial charge is 0.417 e. The van der Waals surface area contributed by atoms with Gasteiger partial charge < -0.3 is 4.74 Å². The fraction of sp³-hybridized carbons (Fsp3) is 0.778. The second-order valence-corrected chi connectivity index (χ2v) is 3.69. The number of carbonyl (C=O) groups excluding carboxylic acids is 2. The molecular weight excluding hydrogens is 170 g/mol. The molecule has 0 N–H and O–H groups in total. The van der Waals surface area contributed by atoms with Crippen molar-refractivity contribution in [1.29, 1.82) is 0 Å². The normalized spacial score (nSPS) is 20.7. The summed E-state index contributed by atoms with van der Waals surface area (Å²) in [5.74, 6) is -0.231. The van der Waals surface area contributed by atoms with E-state index in [0.717, 1.165) is 12.8 Å². The molecule has 1 rings (SSSR count). The Morgan fingerprint density at radius 2 is 2.00 bits per heavy atom. The summed E-state index contributed by atoms with van der Waals surface area (Å²) in [6.45, 7) is 5.70. The number of nitrogens with zero attached hydrogens (tertiary/aromatic N) is 1. The minimum absolute atomic E-state index is 0.231. The van der Waals surface area contributed by atoms with Crippen LogP contribution in [0.15, 0.2) is 0 Å². The monoisotopic (exact) mass is 185 g/mol. The van der Waals surface area contributed by atoms with Crippen molar-refractivity contribution >= 4 is 12.0 Å². The zero-order valence-electron chi connectivity index (χ0n) is 8.29. The lowest BCUT2D eigenvalue weighted by Crippen LogP contribution is -2.36. The van der Waals surface area contributed by atoms with Crippen molar-refractivity contribution < 1.29 is 14.3 Å². The summed E-state index contributed by atoms with van der Waals surface area (Å²) in [6, 6.07) is 0. The molecule has 0 aromatic rings. The first-order valence-corrected chi connectivity index (χ1v) is 4.54. The number of cyclic esters (lactones) is 1. The zero-order chi connectivity index (χ0) is 10.1. The van der Waals surface area contributed by atoms with E-state index in [9.17, 15) is 9.59 Å². The van der Waals surface area contributed by atoms with Crippen LogP contribution >= 0.6 is 0 Å². The second-order valence-electron chi connectivity index (χ2n) is 3.69. The molecule has 1 fully saturated rings. The minimum atomic E-state index is -0.967. The Morgan fingerprint density at radius 3 is 2.38 bits per heavy atom. The maximum Gasteiger partial charge on any atom is 0.417 e. The lowest BCUT2D eigenvalue weighted by atomic mass is 10.1. The Kier molecular flexibility index (Phi) is 2.59. The topological polar surface area (TPSA) is 46.6 Å². The van der Waals surface area contributed by atoms with Crippen LogP contribution in [0.25, 0.3) is 0 Å². The number of ether oxygens (including phenoxy) is 1. The van der Waals surface area contributed by atoms with Crippen LogP contribution in [0.3, 0.4) is 0 Å². The van der Waals surface area contributed by atoms with Gasteiger partial charge in [-0.15, -0.1) is 0 Å². The van der Waals surface area contributed by atoms with Crippen LogP contribution in [0.2, 0.25) is 0 Å². The molecule has 0 bridgehead atoms. The highest BCUT2D eigenvalue weighted by Gasteiger charge is 2.46. The minimum Gasteiger partial charge on any atom is -0.433 e. The molecule has 0 atom stereocenters. The van der Waals surface area contributed by atoms with E-state index >= 15 is 0 Å². The maximum absolute atomic E-state index is 11.5. The Bertz CT molecular complexity index is 235. The van der Waals surface area contributed by atoms with Gasteiger partial charge in [-0.25, -0.2) is 9.69 Å². The number of imide groups is 1. The van der Waals surface area contributed by atoms with Crippen LogP contribution in [-0.2, 0) is 9.53 Å². The Balaban J connectivity index is 2.66. The van der Waals surface area contributed by atoms with Crippen molar-refractivity contribution in [2.45, 2.75) is 39.2 Å². The molecule has 1 saturated heterocycles. The molecule has 0 aliphatic carbocycles. The van der Waals surface area contributed by atoms with Crippen LogP contribution in [0.4, 0.5) is 4.79 Å². The number of rotatable bonds is 3. The fourth-order valence-electron chi connectivity index (χ4n) is 1.23. The van der Waals surface area contributed by atoms with Crippen molar-refractivity contribution in [1.82, 2.24) is 4.90 Å². The Labute approximate surface area is 77.8 Å². The molecule has 4 heteroatoms. The van der Waals surface area contributed by atoms with E-state index in [2.05, 4.69) is 0 Å². The molecule has 2 amide bonds. The number of carbonyl (C=O) groups is 2. The lowest BCUT2D eigenvalue weighted by Gasteiger charge is -2.13. The number of hydrogen-bond acceptors (Lipinski definition) is 3. The van der Waals surface area contributed by atoms with Crippen LogP contribution < -0.4 is 0 Å². The Hall–Kier alpha value is -1.06. The maximum atomic E-state index is 11.5. The van der Waals surface area contributed by atoms with Gasteiger partial charge in [0.1, 0.15) is 0 Å². The lowest BCUT2D eigenvalue weighted by molar-refractivity contribution is -0.134. The molecule has 0 unspecified atom stereocenters. The van der Waals surface area contributed by atoms with Gasteiger partial charge in [0.05, 0.1) is 0 Å². The molecule has 1 heterocycles. The van der Waals surface area contributed by atoms with Gasteiger partial charge >= 0.3 is 6.09 Å². The third-order valence-electron chi connectivity index (χ3n) is 2.06. The van der Waals surface area contributed by atoms with E-state index in [4.69, 9.17) is 4.74 Å². The summed E-state index contributed by atoms with van der Waals surface area (Å²) in [5, 5.41) is 0. The van der Waals surface area contributed by atoms with Gasteiger partial charge in [0.15, 0.2) is 5.60 Å². The van der Waals surface area contributed by atoms with E-state index in [-0.39, 0.29) is 5.91 Å². The zero-order valence-corrected chi connectivity index (χ0v) is 8.29. The first kappa shape index (κ1) is 10.0. The quantitative estimate of drug-likeness (QED) is 0.670. The fourth-order valence-corrected chi connectivity index (χ4v) is 1.23. The van der Waals surface area contributed by atoms with Gasteiger partial charge in [-0.2, -0.15) is 0 Å². The highest BCUT2D eigenvalue weighted by atomic mass is 16.6. The molecule has 13 heavy (non-hydrogen) atoms. The van der Waals surface area contributed by atoms with Crippen molar-refractivity contribution in [2.24, 2.45) is 0 Å². The van der Waals surface area contributed by atoms with Crippen molar-refractivity contribution in [3.05, 3.63) is 0 Å². The number of hydrogen-bond donors (Lipinski definition) is 0. The standard InChI is InChI=1S/C9H15NO3/c1-4-5-6-10-7(11)9(2,3)13-8(10)12/h4-6H2,1-3H3. The van der Waals surface area contributed by atoms with Gasteiger partial charge in [0, 0.05) is 6.54 Å². The van der Waals surface area contributed by atoms with Gasteiger partial charge in [0.25, 0.3) is 5.91 Å². The van der Waals surface area contributed by atoms with Crippen LogP contribution in [0, 0.1) is 0 Å². The summed E-state index contributed by atoms with van der Waals surface area (Å²) in [4.78, 5) is 23.9. The summed E-state index contributed by atoms with van der Waals surface area (Å²) < 4.78 is 4.91. The van der Waals surface area contributed by atoms with E-state index < -0.39 is 11.7 Å². The predicted octanol–water partition coefficient (Wildman–Crippen LogP) is 1.54. The highest BCUT2D eigenvalue weighted by molar-refractivity contribution is 6.02. The predicted molar refractivity (Wildman–Crippen MR) is 47.2 cm³/mol. The average molecular weight is 185 g/mol. The summed E-state index contributed by atoms with van der Waals surface area (Å²) in [6.07, 6.45) is 1.28. The first-order chi connectivity index (χ1) is 5.99. The molecule has 0 saturated carbocycles. The summed E-state index contributed by atoms with van der Waals surface area (Å²) in [5.41, 5.74) is -0.967. The molecule has 1 aliphatic rings. The summed E-state index contributed by atoms with van der Waals surface area (Å²) >= 11 is 0. The third-order valence-corrected chi connectivity index (χ3v) is 2.06. The molecule has 74 valence electrons. The molecule has 1 aliphatic heterocycles. The van der Waals surface area contributed by atoms with E-state index in [0.29, 0.717) is 6.54 Å². The number of amides is 2. The van der Waals surface area contributed by atoms with Crippen LogP contribution in [0.5, 0.6) is 0 Å².